The molecule has 1 saturated heterocycles. The topological polar surface area (TPSA) is 74.9 Å². The van der Waals surface area contributed by atoms with Crippen molar-refractivity contribution in [3.63, 3.8) is 0 Å². The number of hydroxylamine groups is 2. The van der Waals surface area contributed by atoms with Crippen LogP contribution in [0.5, 0.6) is 5.75 Å². The number of rotatable bonds is 4. The third-order valence-electron chi connectivity index (χ3n) is 5.69. The number of carbonyl (C=O) groups is 1. The second kappa shape index (κ2) is 7.51. The molecule has 1 atom stereocenters. The van der Waals surface area contributed by atoms with Crippen LogP contribution in [0.15, 0.2) is 48.7 Å². The van der Waals surface area contributed by atoms with Crippen LogP contribution in [0, 0.1) is 0 Å². The van der Waals surface area contributed by atoms with Crippen LogP contribution in [0.1, 0.15) is 35.1 Å². The zero-order chi connectivity index (χ0) is 19.8. The van der Waals surface area contributed by atoms with E-state index in [0.29, 0.717) is 19.6 Å². The predicted molar refractivity (Wildman–Crippen MR) is 108 cm³/mol. The lowest BCUT2D eigenvalue weighted by Gasteiger charge is -2.36. The van der Waals surface area contributed by atoms with Gasteiger partial charge in [-0.2, -0.15) is 4.94 Å². The quantitative estimate of drug-likeness (QED) is 0.743. The van der Waals surface area contributed by atoms with E-state index in [2.05, 4.69) is 40.9 Å². The lowest BCUT2D eigenvalue weighted by molar-refractivity contribution is -0.186. The van der Waals surface area contributed by atoms with Gasteiger partial charge in [-0.1, -0.05) is 30.8 Å². The van der Waals surface area contributed by atoms with Crippen molar-refractivity contribution in [2.45, 2.75) is 45.1 Å². The van der Waals surface area contributed by atoms with Gasteiger partial charge in [0.05, 0.1) is 12.2 Å². The molecule has 3 aliphatic heterocycles. The molecule has 150 valence electrons. The maximum absolute atomic E-state index is 12.3. The molecule has 0 saturated carbocycles. The lowest BCUT2D eigenvalue weighted by Crippen LogP contribution is -2.50. The molecule has 1 fully saturated rings. The SMILES string of the molecule is C=C1CCC(N2Cc3c(cccc3OCc3ccc4c(c3)CNC4)NO2)C(=O)N1. The minimum absolute atomic E-state index is 0.0864. The van der Waals surface area contributed by atoms with E-state index < -0.39 is 0 Å². The smallest absolute Gasteiger partial charge is 0.243 e. The van der Waals surface area contributed by atoms with Crippen LogP contribution in [-0.2, 0) is 36.0 Å². The highest BCUT2D eigenvalue weighted by Crippen LogP contribution is 2.34. The molecule has 7 nitrogen and oxygen atoms in total. The van der Waals surface area contributed by atoms with Gasteiger partial charge in [0.15, 0.2) is 0 Å². The highest BCUT2D eigenvalue weighted by atomic mass is 16.8. The van der Waals surface area contributed by atoms with Crippen molar-refractivity contribution in [2.24, 2.45) is 0 Å². The van der Waals surface area contributed by atoms with Gasteiger partial charge < -0.3 is 15.4 Å². The van der Waals surface area contributed by atoms with Gasteiger partial charge in [-0.3, -0.25) is 4.79 Å². The maximum Gasteiger partial charge on any atom is 0.243 e. The Hall–Kier alpha value is -2.87. The van der Waals surface area contributed by atoms with Crippen molar-refractivity contribution in [3.05, 3.63) is 70.9 Å². The molecule has 0 aromatic heterocycles. The Balaban J connectivity index is 1.31. The molecule has 0 radical (unpaired) electrons. The molecule has 1 unspecified atom stereocenters. The fourth-order valence-electron chi connectivity index (χ4n) is 4.07. The Morgan fingerprint density at radius 3 is 3.00 bits per heavy atom. The summed E-state index contributed by atoms with van der Waals surface area (Å²) in [7, 11) is 0. The first-order valence-corrected chi connectivity index (χ1v) is 9.92. The number of anilines is 1. The minimum atomic E-state index is -0.363. The van der Waals surface area contributed by atoms with Gasteiger partial charge in [-0.25, -0.2) is 5.48 Å². The molecule has 2 aromatic carbocycles. The number of piperidine rings is 1. The zero-order valence-electron chi connectivity index (χ0n) is 16.2. The number of carbonyl (C=O) groups excluding carboxylic acids is 1. The van der Waals surface area contributed by atoms with Crippen molar-refractivity contribution in [1.82, 2.24) is 15.7 Å². The fourth-order valence-corrected chi connectivity index (χ4v) is 4.07. The lowest BCUT2D eigenvalue weighted by atomic mass is 10.0. The molecule has 0 bridgehead atoms. The summed E-state index contributed by atoms with van der Waals surface area (Å²) in [6.45, 7) is 6.65. The number of benzene rings is 2. The van der Waals surface area contributed by atoms with E-state index >= 15 is 0 Å². The summed E-state index contributed by atoms with van der Waals surface area (Å²) >= 11 is 0. The number of nitrogens with one attached hydrogen (secondary N) is 3. The van der Waals surface area contributed by atoms with Crippen LogP contribution in [0.2, 0.25) is 0 Å². The van der Waals surface area contributed by atoms with Crippen molar-refractivity contribution < 1.29 is 14.5 Å². The number of fused-ring (bicyclic) bond motifs is 2. The molecule has 29 heavy (non-hydrogen) atoms. The fraction of sp³-hybridized carbons (Fsp3) is 0.318. The van der Waals surface area contributed by atoms with Gasteiger partial charge in [0.1, 0.15) is 18.4 Å². The minimum Gasteiger partial charge on any atom is -0.488 e. The normalized spacial score (nSPS) is 21.2. The molecule has 0 aliphatic carbocycles. The Morgan fingerprint density at radius 1 is 1.21 bits per heavy atom. The molecule has 3 heterocycles. The van der Waals surface area contributed by atoms with Crippen LogP contribution in [0.4, 0.5) is 5.69 Å². The average molecular weight is 392 g/mol. The summed E-state index contributed by atoms with van der Waals surface area (Å²) in [6.07, 6.45) is 1.42. The van der Waals surface area contributed by atoms with Gasteiger partial charge in [0, 0.05) is 24.4 Å². The molecule has 3 N–H and O–H groups in total. The Morgan fingerprint density at radius 2 is 2.10 bits per heavy atom. The Kier molecular flexibility index (Phi) is 4.71. The average Bonchev–Trinajstić information content (AvgIpc) is 3.20. The summed E-state index contributed by atoms with van der Waals surface area (Å²) in [5.74, 6) is 0.708. The Bertz CT molecular complexity index is 975. The second-order valence-electron chi connectivity index (χ2n) is 7.69. The summed E-state index contributed by atoms with van der Waals surface area (Å²) in [6, 6.07) is 12.0. The van der Waals surface area contributed by atoms with Gasteiger partial charge in [0.25, 0.3) is 0 Å². The first-order chi connectivity index (χ1) is 14.2. The number of nitrogens with zero attached hydrogens (tertiary/aromatic N) is 1. The van der Waals surface area contributed by atoms with Crippen molar-refractivity contribution in [3.8, 4) is 5.75 Å². The van der Waals surface area contributed by atoms with Crippen molar-refractivity contribution in [1.29, 1.82) is 0 Å². The summed E-state index contributed by atoms with van der Waals surface area (Å²) in [5.41, 5.74) is 9.39. The van der Waals surface area contributed by atoms with Gasteiger partial charge in [-0.05, 0) is 41.7 Å². The highest BCUT2D eigenvalue weighted by Gasteiger charge is 2.34. The molecule has 3 aliphatic rings. The van der Waals surface area contributed by atoms with Crippen molar-refractivity contribution >= 4 is 11.6 Å². The molecule has 0 spiro atoms. The van der Waals surface area contributed by atoms with E-state index in [4.69, 9.17) is 9.68 Å². The second-order valence-corrected chi connectivity index (χ2v) is 7.69. The molecular formula is C22H24N4O3. The van der Waals surface area contributed by atoms with E-state index in [1.54, 1.807) is 5.06 Å². The van der Waals surface area contributed by atoms with E-state index in [1.165, 1.54) is 11.1 Å². The van der Waals surface area contributed by atoms with Crippen LogP contribution in [-0.4, -0.2) is 17.0 Å². The van der Waals surface area contributed by atoms with Crippen LogP contribution < -0.4 is 20.9 Å². The largest absolute Gasteiger partial charge is 0.488 e. The molecular weight excluding hydrogens is 368 g/mol. The first kappa shape index (κ1) is 18.2. The zero-order valence-corrected chi connectivity index (χ0v) is 16.2. The standard InChI is InChI=1S/C22H24N4O3/c1-14-5-8-20(22(27)24-14)26-12-18-19(25-29-26)3-2-4-21(18)28-13-15-6-7-16-10-23-11-17(16)9-15/h2-4,6-7,9,20,23,25H,1,5,8,10-13H2,(H,24,27). The number of ether oxygens (including phenoxy) is 1. The van der Waals surface area contributed by atoms with Gasteiger partial charge >= 0.3 is 0 Å². The summed E-state index contributed by atoms with van der Waals surface area (Å²) in [5, 5.41) is 7.86. The molecule has 7 heteroatoms. The predicted octanol–water partition coefficient (Wildman–Crippen LogP) is 2.74. The van der Waals surface area contributed by atoms with Crippen LogP contribution in [0.3, 0.4) is 0 Å². The number of amides is 1. The molecule has 5 rings (SSSR count). The maximum atomic E-state index is 12.3. The summed E-state index contributed by atoms with van der Waals surface area (Å²) < 4.78 is 6.17. The number of hydrogen-bond donors (Lipinski definition) is 3. The first-order valence-electron chi connectivity index (χ1n) is 9.92. The van der Waals surface area contributed by atoms with Crippen LogP contribution >= 0.6 is 0 Å². The number of hydrogen-bond acceptors (Lipinski definition) is 6. The summed E-state index contributed by atoms with van der Waals surface area (Å²) in [4.78, 5) is 18.0. The van der Waals surface area contributed by atoms with E-state index in [1.807, 2.05) is 18.2 Å². The number of allylic oxidation sites excluding steroid dienone is 1. The van der Waals surface area contributed by atoms with E-state index in [0.717, 1.165) is 47.8 Å². The van der Waals surface area contributed by atoms with Crippen LogP contribution in [0.25, 0.3) is 0 Å². The van der Waals surface area contributed by atoms with Gasteiger partial charge in [-0.15, -0.1) is 5.06 Å². The third kappa shape index (κ3) is 3.60. The molecule has 2 aromatic rings. The third-order valence-corrected chi connectivity index (χ3v) is 5.69. The van der Waals surface area contributed by atoms with E-state index in [-0.39, 0.29) is 11.9 Å². The highest BCUT2D eigenvalue weighted by molar-refractivity contribution is 5.84. The van der Waals surface area contributed by atoms with E-state index in [9.17, 15) is 4.79 Å². The van der Waals surface area contributed by atoms with Gasteiger partial charge in [0.2, 0.25) is 5.91 Å². The molecule has 1 amide bonds. The Labute approximate surface area is 169 Å². The monoisotopic (exact) mass is 392 g/mol. The van der Waals surface area contributed by atoms with Crippen molar-refractivity contribution in [2.75, 3.05) is 5.48 Å².